The number of aryl methyl sites for hydroxylation is 1. The van der Waals surface area contributed by atoms with Gasteiger partial charge in [-0.25, -0.2) is 9.67 Å². The van der Waals surface area contributed by atoms with Crippen LogP contribution in [0.4, 0.5) is 0 Å². The summed E-state index contributed by atoms with van der Waals surface area (Å²) in [6, 6.07) is 11.2. The summed E-state index contributed by atoms with van der Waals surface area (Å²) in [5.74, 6) is 0.738. The summed E-state index contributed by atoms with van der Waals surface area (Å²) < 4.78 is 3.52. The summed E-state index contributed by atoms with van der Waals surface area (Å²) in [5.41, 5.74) is 2.33. The molecule has 3 rings (SSSR count). The van der Waals surface area contributed by atoms with Gasteiger partial charge in [0.1, 0.15) is 5.49 Å². The van der Waals surface area contributed by atoms with Crippen LogP contribution in [0.15, 0.2) is 60.0 Å². The summed E-state index contributed by atoms with van der Waals surface area (Å²) >= 11 is 0. The van der Waals surface area contributed by atoms with E-state index in [2.05, 4.69) is 15.1 Å². The SMILES string of the molecule is Cc1ccn(-c2ccc(-n3cccc/c3=N\C#N)cn2)n1. The monoisotopic (exact) mass is 276 g/mol. The zero-order valence-electron chi connectivity index (χ0n) is 11.4. The largest absolute Gasteiger partial charge is 0.300 e. The smallest absolute Gasteiger partial charge is 0.207 e. The van der Waals surface area contributed by atoms with Gasteiger partial charge in [-0.05, 0) is 37.3 Å². The van der Waals surface area contributed by atoms with Gasteiger partial charge in [0.05, 0.1) is 17.6 Å². The van der Waals surface area contributed by atoms with Crippen molar-refractivity contribution in [3.8, 4) is 17.7 Å². The van der Waals surface area contributed by atoms with E-state index in [1.807, 2.05) is 49.6 Å². The van der Waals surface area contributed by atoms with E-state index in [0.29, 0.717) is 5.49 Å². The second kappa shape index (κ2) is 5.43. The Morgan fingerprint density at radius 2 is 2.05 bits per heavy atom. The molecule has 0 aromatic carbocycles. The fourth-order valence-corrected chi connectivity index (χ4v) is 1.99. The number of hydrogen-bond donors (Lipinski definition) is 0. The van der Waals surface area contributed by atoms with Crippen molar-refractivity contribution in [2.75, 3.05) is 0 Å². The van der Waals surface area contributed by atoms with Gasteiger partial charge in [-0.2, -0.15) is 15.4 Å². The van der Waals surface area contributed by atoms with E-state index < -0.39 is 0 Å². The third-order valence-corrected chi connectivity index (χ3v) is 2.97. The first-order valence-corrected chi connectivity index (χ1v) is 6.37. The highest BCUT2D eigenvalue weighted by Crippen LogP contribution is 2.08. The molecule has 0 unspecified atom stereocenters. The summed E-state index contributed by atoms with van der Waals surface area (Å²) in [4.78, 5) is 8.19. The number of hydrogen-bond acceptors (Lipinski definition) is 4. The minimum atomic E-state index is 0.560. The van der Waals surface area contributed by atoms with Crippen LogP contribution >= 0.6 is 0 Å². The molecule has 0 spiro atoms. The number of nitrogens with zero attached hydrogens (tertiary/aromatic N) is 6. The molecule has 3 heterocycles. The highest BCUT2D eigenvalue weighted by atomic mass is 15.3. The Morgan fingerprint density at radius 1 is 1.14 bits per heavy atom. The average Bonchev–Trinajstić information content (AvgIpc) is 2.95. The average molecular weight is 276 g/mol. The Balaban J connectivity index is 2.03. The van der Waals surface area contributed by atoms with Crippen LogP contribution in [0.5, 0.6) is 0 Å². The zero-order chi connectivity index (χ0) is 14.7. The number of rotatable bonds is 2. The highest BCUT2D eigenvalue weighted by Gasteiger charge is 2.02. The van der Waals surface area contributed by atoms with Gasteiger partial charge in [0.25, 0.3) is 0 Å². The number of nitriles is 1. The lowest BCUT2D eigenvalue weighted by molar-refractivity contribution is 0.828. The lowest BCUT2D eigenvalue weighted by atomic mass is 10.3. The van der Waals surface area contributed by atoms with Crippen molar-refractivity contribution in [1.82, 2.24) is 19.3 Å². The van der Waals surface area contributed by atoms with E-state index in [1.54, 1.807) is 27.7 Å². The van der Waals surface area contributed by atoms with Gasteiger partial charge in [0, 0.05) is 12.4 Å². The molecule has 102 valence electrons. The quantitative estimate of drug-likeness (QED) is 0.669. The van der Waals surface area contributed by atoms with Crippen molar-refractivity contribution in [2.24, 2.45) is 4.99 Å². The first-order chi connectivity index (χ1) is 10.3. The molecule has 0 aliphatic rings. The zero-order valence-corrected chi connectivity index (χ0v) is 11.4. The van der Waals surface area contributed by atoms with Crippen LogP contribution in [0.1, 0.15) is 5.69 Å². The lowest BCUT2D eigenvalue weighted by Crippen LogP contribution is -2.17. The topological polar surface area (TPSA) is 71.8 Å². The molecule has 21 heavy (non-hydrogen) atoms. The molecular formula is C15H12N6. The molecule has 0 saturated heterocycles. The summed E-state index contributed by atoms with van der Waals surface area (Å²) in [5, 5.41) is 13.0. The first kappa shape index (κ1) is 12.8. The van der Waals surface area contributed by atoms with Crippen LogP contribution in [0.25, 0.3) is 11.5 Å². The maximum Gasteiger partial charge on any atom is 0.207 e. The third-order valence-electron chi connectivity index (χ3n) is 2.97. The van der Waals surface area contributed by atoms with E-state index in [9.17, 15) is 0 Å². The van der Waals surface area contributed by atoms with Crippen LogP contribution < -0.4 is 5.49 Å². The van der Waals surface area contributed by atoms with Crippen molar-refractivity contribution in [1.29, 1.82) is 5.26 Å². The van der Waals surface area contributed by atoms with Crippen LogP contribution in [-0.2, 0) is 0 Å². The Morgan fingerprint density at radius 3 is 2.71 bits per heavy atom. The first-order valence-electron chi connectivity index (χ1n) is 6.37. The maximum atomic E-state index is 8.73. The van der Waals surface area contributed by atoms with Gasteiger partial charge in [-0.3, -0.25) is 4.57 Å². The van der Waals surface area contributed by atoms with Gasteiger partial charge >= 0.3 is 0 Å². The van der Waals surface area contributed by atoms with E-state index in [-0.39, 0.29) is 0 Å². The van der Waals surface area contributed by atoms with Crippen molar-refractivity contribution >= 4 is 0 Å². The molecule has 6 nitrogen and oxygen atoms in total. The minimum Gasteiger partial charge on any atom is -0.300 e. The van der Waals surface area contributed by atoms with Crippen LogP contribution in [-0.4, -0.2) is 19.3 Å². The molecule has 0 amide bonds. The van der Waals surface area contributed by atoms with Crippen molar-refractivity contribution in [3.05, 3.63) is 66.2 Å². The third kappa shape index (κ3) is 2.58. The second-order valence-corrected chi connectivity index (χ2v) is 4.42. The van der Waals surface area contributed by atoms with Gasteiger partial charge < -0.3 is 0 Å². The number of aromatic nitrogens is 4. The summed E-state index contributed by atoms with van der Waals surface area (Å²) in [6.07, 6.45) is 7.23. The Bertz CT molecular complexity index is 864. The normalized spacial score (nSPS) is 11.3. The molecule has 0 bridgehead atoms. The van der Waals surface area contributed by atoms with E-state index in [0.717, 1.165) is 17.2 Å². The predicted octanol–water partition coefficient (Wildman–Crippen LogP) is 1.75. The molecule has 6 heteroatoms. The molecule has 0 atom stereocenters. The van der Waals surface area contributed by atoms with Gasteiger partial charge in [0.2, 0.25) is 6.19 Å². The van der Waals surface area contributed by atoms with Crippen LogP contribution in [0.3, 0.4) is 0 Å². The van der Waals surface area contributed by atoms with Crippen LogP contribution in [0.2, 0.25) is 0 Å². The van der Waals surface area contributed by atoms with E-state index >= 15 is 0 Å². The summed E-state index contributed by atoms with van der Waals surface area (Å²) in [6.45, 7) is 1.93. The molecular weight excluding hydrogens is 264 g/mol. The highest BCUT2D eigenvalue weighted by molar-refractivity contribution is 5.34. The molecule has 3 aromatic heterocycles. The fraction of sp³-hybridized carbons (Fsp3) is 0.0667. The fourth-order valence-electron chi connectivity index (χ4n) is 1.99. The van der Waals surface area contributed by atoms with Gasteiger partial charge in [-0.15, -0.1) is 0 Å². The summed E-state index contributed by atoms with van der Waals surface area (Å²) in [7, 11) is 0. The van der Waals surface area contributed by atoms with Crippen molar-refractivity contribution in [2.45, 2.75) is 6.92 Å². The van der Waals surface area contributed by atoms with Gasteiger partial charge in [0.15, 0.2) is 5.82 Å². The Kier molecular flexibility index (Phi) is 3.31. The lowest BCUT2D eigenvalue weighted by Gasteiger charge is -2.07. The van der Waals surface area contributed by atoms with Crippen molar-refractivity contribution in [3.63, 3.8) is 0 Å². The Labute approximate surface area is 121 Å². The standard InChI is InChI=1S/C15H12N6/c1-12-7-9-21(19-12)15-6-5-13(10-17-15)20-8-3-2-4-14(20)18-11-16/h2-10H,1H3/b18-14+. The van der Waals surface area contributed by atoms with Gasteiger partial charge in [-0.1, -0.05) is 6.07 Å². The predicted molar refractivity (Wildman–Crippen MR) is 76.6 cm³/mol. The van der Waals surface area contributed by atoms with E-state index in [4.69, 9.17) is 5.26 Å². The molecule has 0 fully saturated rings. The van der Waals surface area contributed by atoms with Crippen LogP contribution in [0, 0.1) is 18.4 Å². The molecule has 0 aliphatic carbocycles. The molecule has 0 N–H and O–H groups in total. The number of pyridine rings is 2. The second-order valence-electron chi connectivity index (χ2n) is 4.42. The Hall–Kier alpha value is -3.20. The maximum absolute atomic E-state index is 8.73. The van der Waals surface area contributed by atoms with E-state index in [1.165, 1.54) is 0 Å². The van der Waals surface area contributed by atoms with Crippen molar-refractivity contribution < 1.29 is 0 Å². The molecule has 0 aliphatic heterocycles. The molecule has 0 saturated carbocycles. The molecule has 0 radical (unpaired) electrons. The molecule has 3 aromatic rings. The minimum absolute atomic E-state index is 0.560.